The average molecular weight is 514 g/mol. The van der Waals surface area contributed by atoms with Gasteiger partial charge < -0.3 is 19.9 Å². The summed E-state index contributed by atoms with van der Waals surface area (Å²) >= 11 is 1.57. The standard InChI is InChI=1S/C25H27N5O3S.ClH/c1-28-21-18(10-16(12-20(21)33-2)23(31)29-8-3-4-17(26)13-29)27-22(28)19-11-15-7-9-34-25(15)30(19)24(32)14-5-6-14;/h7,9-12,14,17H,3-6,8,13,26H2,1-2H3;1H/t17-;/m1./s1. The van der Waals surface area contributed by atoms with E-state index < -0.39 is 0 Å². The third-order valence-corrected chi connectivity index (χ3v) is 7.85. The molecule has 0 bridgehead atoms. The van der Waals surface area contributed by atoms with Crippen molar-refractivity contribution in [1.29, 1.82) is 0 Å². The quantitative estimate of drug-likeness (QED) is 0.439. The van der Waals surface area contributed by atoms with Crippen molar-refractivity contribution in [2.75, 3.05) is 20.2 Å². The minimum atomic E-state index is -0.0599. The molecule has 6 rings (SSSR count). The number of benzene rings is 1. The van der Waals surface area contributed by atoms with Crippen LogP contribution < -0.4 is 10.5 Å². The molecule has 4 aromatic rings. The van der Waals surface area contributed by atoms with Crippen molar-refractivity contribution >= 4 is 56.8 Å². The SMILES string of the molecule is COc1cc(C(=O)N2CCC[C@@H](N)C2)cc2nc(-c3cc4ccsc4n3C(=O)C3CC3)n(C)c12.Cl. The van der Waals surface area contributed by atoms with Crippen LogP contribution in [0.15, 0.2) is 29.6 Å². The number of halogens is 1. The van der Waals surface area contributed by atoms with E-state index >= 15 is 0 Å². The summed E-state index contributed by atoms with van der Waals surface area (Å²) in [7, 11) is 3.52. The molecule has 0 radical (unpaired) electrons. The zero-order chi connectivity index (χ0) is 23.6. The van der Waals surface area contributed by atoms with Gasteiger partial charge in [-0.1, -0.05) is 0 Å². The predicted octanol–water partition coefficient (Wildman–Crippen LogP) is 4.30. The number of methoxy groups -OCH3 is 1. The van der Waals surface area contributed by atoms with E-state index in [0.29, 0.717) is 35.7 Å². The van der Waals surface area contributed by atoms with Gasteiger partial charge in [-0.05, 0) is 55.3 Å². The number of ether oxygens (including phenoxy) is 1. The summed E-state index contributed by atoms with van der Waals surface area (Å²) < 4.78 is 9.48. The maximum atomic E-state index is 13.3. The molecule has 1 aliphatic heterocycles. The van der Waals surface area contributed by atoms with Crippen LogP contribution in [0.4, 0.5) is 0 Å². The number of amides is 1. The van der Waals surface area contributed by atoms with Gasteiger partial charge in [0.2, 0.25) is 5.91 Å². The number of aryl methyl sites for hydroxylation is 1. The maximum Gasteiger partial charge on any atom is 0.254 e. The Morgan fingerprint density at radius 1 is 1.20 bits per heavy atom. The molecular formula is C25H28ClN5O3S. The average Bonchev–Trinajstić information content (AvgIpc) is 3.36. The topological polar surface area (TPSA) is 95.4 Å². The number of rotatable bonds is 4. The highest BCUT2D eigenvalue weighted by molar-refractivity contribution is 7.17. The van der Waals surface area contributed by atoms with Crippen LogP contribution in [0.25, 0.3) is 32.8 Å². The zero-order valence-corrected chi connectivity index (χ0v) is 21.3. The number of nitrogens with zero attached hydrogens (tertiary/aromatic N) is 4. The fourth-order valence-corrected chi connectivity index (χ4v) is 5.92. The molecule has 0 unspecified atom stereocenters. The van der Waals surface area contributed by atoms with Crippen LogP contribution in [0, 0.1) is 5.92 Å². The highest BCUT2D eigenvalue weighted by Crippen LogP contribution is 2.39. The van der Waals surface area contributed by atoms with E-state index in [4.69, 9.17) is 15.5 Å². The van der Waals surface area contributed by atoms with Crippen molar-refractivity contribution in [3.05, 3.63) is 35.2 Å². The summed E-state index contributed by atoms with van der Waals surface area (Å²) in [5.41, 5.74) is 8.86. The van der Waals surface area contributed by atoms with Crippen LogP contribution in [-0.4, -0.2) is 57.1 Å². The lowest BCUT2D eigenvalue weighted by molar-refractivity contribution is 0.0708. The molecule has 4 heterocycles. The van der Waals surface area contributed by atoms with Gasteiger partial charge in [0, 0.05) is 43.0 Å². The first-order chi connectivity index (χ1) is 16.5. The molecule has 3 aromatic heterocycles. The highest BCUT2D eigenvalue weighted by Gasteiger charge is 2.34. The Hall–Kier alpha value is -2.88. The van der Waals surface area contributed by atoms with Crippen LogP contribution in [0.5, 0.6) is 5.75 Å². The lowest BCUT2D eigenvalue weighted by atomic mass is 10.0. The third-order valence-electron chi connectivity index (χ3n) is 6.93. The minimum Gasteiger partial charge on any atom is -0.494 e. The number of imidazole rings is 1. The second-order valence-electron chi connectivity index (χ2n) is 9.35. The number of fused-ring (bicyclic) bond motifs is 2. The predicted molar refractivity (Wildman–Crippen MR) is 140 cm³/mol. The maximum absolute atomic E-state index is 13.3. The Morgan fingerprint density at radius 2 is 2.00 bits per heavy atom. The summed E-state index contributed by atoms with van der Waals surface area (Å²) in [5.74, 6) is 1.41. The monoisotopic (exact) mass is 513 g/mol. The van der Waals surface area contributed by atoms with Crippen LogP contribution >= 0.6 is 23.7 Å². The van der Waals surface area contributed by atoms with E-state index in [-0.39, 0.29) is 36.2 Å². The van der Waals surface area contributed by atoms with Crippen molar-refractivity contribution in [2.24, 2.45) is 18.7 Å². The van der Waals surface area contributed by atoms with Gasteiger partial charge in [-0.25, -0.2) is 4.98 Å². The van der Waals surface area contributed by atoms with Crippen molar-refractivity contribution in [3.63, 3.8) is 0 Å². The van der Waals surface area contributed by atoms with Crippen LogP contribution in [-0.2, 0) is 7.05 Å². The Bertz CT molecular complexity index is 1450. The second kappa shape index (κ2) is 8.96. The van der Waals surface area contributed by atoms with E-state index in [1.54, 1.807) is 24.5 Å². The van der Waals surface area contributed by atoms with Gasteiger partial charge in [0.15, 0.2) is 5.82 Å². The van der Waals surface area contributed by atoms with Crippen LogP contribution in [0.3, 0.4) is 0 Å². The lowest BCUT2D eigenvalue weighted by Crippen LogP contribution is -2.45. The molecule has 2 N–H and O–H groups in total. The molecule has 2 aliphatic rings. The number of piperidine rings is 1. The summed E-state index contributed by atoms with van der Waals surface area (Å²) in [6, 6.07) is 7.67. The van der Waals surface area contributed by atoms with Crippen molar-refractivity contribution in [3.8, 4) is 17.3 Å². The Balaban J connectivity index is 0.00000253. The Morgan fingerprint density at radius 3 is 2.71 bits per heavy atom. The van der Waals surface area contributed by atoms with Crippen LogP contribution in [0.1, 0.15) is 40.8 Å². The van der Waals surface area contributed by atoms with E-state index in [1.807, 2.05) is 44.7 Å². The first kappa shape index (κ1) is 23.8. The fourth-order valence-electron chi connectivity index (χ4n) is 5.02. The number of likely N-dealkylation sites (tertiary alicyclic amines) is 1. The molecule has 2 fully saturated rings. The molecule has 1 aromatic carbocycles. The Kier molecular flexibility index (Phi) is 6.11. The van der Waals surface area contributed by atoms with E-state index in [0.717, 1.165) is 47.1 Å². The van der Waals surface area contributed by atoms with Crippen molar-refractivity contribution in [1.82, 2.24) is 19.0 Å². The first-order valence-corrected chi connectivity index (χ1v) is 12.6. The largest absolute Gasteiger partial charge is 0.494 e. The van der Waals surface area contributed by atoms with E-state index in [1.165, 1.54) is 0 Å². The molecule has 8 nitrogen and oxygen atoms in total. The third kappa shape index (κ3) is 3.91. The number of carbonyl (C=O) groups is 2. The summed E-state index contributed by atoms with van der Waals surface area (Å²) in [4.78, 5) is 34.1. The number of nitrogens with two attached hydrogens (primary N) is 1. The molecule has 35 heavy (non-hydrogen) atoms. The minimum absolute atomic E-state index is 0. The molecule has 1 saturated heterocycles. The lowest BCUT2D eigenvalue weighted by Gasteiger charge is -2.30. The Labute approximate surface area is 213 Å². The number of aromatic nitrogens is 3. The number of hydrogen-bond donors (Lipinski definition) is 1. The highest BCUT2D eigenvalue weighted by atomic mass is 35.5. The molecule has 1 saturated carbocycles. The molecular weight excluding hydrogens is 486 g/mol. The molecule has 10 heteroatoms. The molecule has 0 spiro atoms. The van der Waals surface area contributed by atoms with Gasteiger partial charge in [0.25, 0.3) is 5.91 Å². The van der Waals surface area contributed by atoms with E-state index in [9.17, 15) is 9.59 Å². The number of thiophene rings is 1. The zero-order valence-electron chi connectivity index (χ0n) is 19.7. The van der Waals surface area contributed by atoms with Crippen molar-refractivity contribution < 1.29 is 14.3 Å². The molecule has 1 amide bonds. The molecule has 1 atom stereocenters. The first-order valence-electron chi connectivity index (χ1n) is 11.7. The van der Waals surface area contributed by atoms with Crippen LogP contribution in [0.2, 0.25) is 0 Å². The van der Waals surface area contributed by atoms with Gasteiger partial charge in [0.1, 0.15) is 16.1 Å². The smallest absolute Gasteiger partial charge is 0.254 e. The normalized spacial score (nSPS) is 18.1. The summed E-state index contributed by atoms with van der Waals surface area (Å²) in [6.07, 6.45) is 3.71. The molecule has 184 valence electrons. The van der Waals surface area contributed by atoms with Gasteiger partial charge in [0.05, 0.1) is 18.3 Å². The van der Waals surface area contributed by atoms with Gasteiger partial charge in [-0.2, -0.15) is 0 Å². The molecule has 1 aliphatic carbocycles. The number of hydrogen-bond acceptors (Lipinski definition) is 6. The number of carbonyl (C=O) groups excluding carboxylic acids is 2. The summed E-state index contributed by atoms with van der Waals surface area (Å²) in [6.45, 7) is 1.26. The van der Waals surface area contributed by atoms with Gasteiger partial charge in [-0.15, -0.1) is 23.7 Å². The second-order valence-corrected chi connectivity index (χ2v) is 10.2. The fraction of sp³-hybridized carbons (Fsp3) is 0.400. The van der Waals surface area contributed by atoms with Gasteiger partial charge in [-0.3, -0.25) is 14.2 Å². The van der Waals surface area contributed by atoms with E-state index in [2.05, 4.69) is 0 Å². The van der Waals surface area contributed by atoms with Gasteiger partial charge >= 0.3 is 0 Å². The van der Waals surface area contributed by atoms with Crippen molar-refractivity contribution in [2.45, 2.75) is 31.7 Å². The summed E-state index contributed by atoms with van der Waals surface area (Å²) in [5, 5.41) is 3.04.